The van der Waals surface area contributed by atoms with Crippen molar-refractivity contribution >= 4 is 45.3 Å². The highest BCUT2D eigenvalue weighted by Gasteiger charge is 2.43. The van der Waals surface area contributed by atoms with E-state index in [1.165, 1.54) is 6.42 Å². The topological polar surface area (TPSA) is 77.8 Å². The molecule has 1 saturated heterocycles. The summed E-state index contributed by atoms with van der Waals surface area (Å²) < 4.78 is 20.1. The third-order valence-corrected chi connectivity index (χ3v) is 8.05. The van der Waals surface area contributed by atoms with Crippen LogP contribution in [0.1, 0.15) is 43.4 Å². The normalized spacial score (nSPS) is 23.2. The molecule has 1 spiro atoms. The fourth-order valence-corrected chi connectivity index (χ4v) is 6.12. The Morgan fingerprint density at radius 1 is 1.17 bits per heavy atom. The monoisotopic (exact) mass is 450 g/mol. The Balaban J connectivity index is 1.49. The average Bonchev–Trinajstić information content (AvgIpc) is 3.10. The van der Waals surface area contributed by atoms with Gasteiger partial charge in [-0.2, -0.15) is 0 Å². The van der Waals surface area contributed by atoms with Crippen LogP contribution in [-0.4, -0.2) is 51.9 Å². The first kappa shape index (κ1) is 20.3. The molecule has 2 fully saturated rings. The molecule has 30 heavy (non-hydrogen) atoms. The predicted molar refractivity (Wildman–Crippen MR) is 119 cm³/mol. The van der Waals surface area contributed by atoms with Gasteiger partial charge in [0.25, 0.3) is 0 Å². The largest absolute Gasteiger partial charge is 0.459 e. The van der Waals surface area contributed by atoms with E-state index in [1.807, 2.05) is 10.4 Å². The number of amides is 2. The molecule has 1 unspecified atom stereocenters. The molecule has 1 aliphatic carbocycles. The van der Waals surface area contributed by atoms with Crippen LogP contribution in [0.2, 0.25) is 5.02 Å². The lowest BCUT2D eigenvalue weighted by Crippen LogP contribution is -2.52. The first-order valence-electron chi connectivity index (χ1n) is 10.6. The molecule has 3 aliphatic rings. The van der Waals surface area contributed by atoms with Crippen LogP contribution in [0.5, 0.6) is 0 Å². The number of anilines is 1. The van der Waals surface area contributed by atoms with Gasteiger partial charge in [0.2, 0.25) is 0 Å². The lowest BCUT2D eigenvalue weighted by Gasteiger charge is -2.42. The number of nitrogens with zero attached hydrogens (tertiary/aromatic N) is 2. The van der Waals surface area contributed by atoms with E-state index in [9.17, 15) is 9.00 Å². The van der Waals surface area contributed by atoms with E-state index < -0.39 is 16.5 Å². The fourth-order valence-electron chi connectivity index (χ4n) is 5.18. The second kappa shape index (κ2) is 7.82. The van der Waals surface area contributed by atoms with Crippen LogP contribution in [0.4, 0.5) is 10.5 Å². The summed E-state index contributed by atoms with van der Waals surface area (Å²) in [5, 5.41) is 7.65. The van der Waals surface area contributed by atoms with E-state index in [4.69, 9.17) is 16.0 Å². The van der Waals surface area contributed by atoms with Crippen LogP contribution in [0.25, 0.3) is 11.0 Å². The molecule has 2 aliphatic heterocycles. The van der Waals surface area contributed by atoms with Gasteiger partial charge in [-0.05, 0) is 25.0 Å². The average molecular weight is 451 g/mol. The van der Waals surface area contributed by atoms with Crippen LogP contribution in [0, 0.1) is 0 Å². The number of rotatable bonds is 3. The Morgan fingerprint density at radius 3 is 2.60 bits per heavy atom. The van der Waals surface area contributed by atoms with E-state index in [-0.39, 0.29) is 6.03 Å². The number of piperazine rings is 1. The van der Waals surface area contributed by atoms with Crippen molar-refractivity contribution in [2.24, 2.45) is 0 Å². The quantitative estimate of drug-likeness (QED) is 0.745. The number of urea groups is 1. The van der Waals surface area contributed by atoms with Gasteiger partial charge in [-0.25, -0.2) is 13.3 Å². The highest BCUT2D eigenvalue weighted by Crippen LogP contribution is 2.49. The molecule has 2 amide bonds. The summed E-state index contributed by atoms with van der Waals surface area (Å²) in [5.74, 6) is 0.892. The van der Waals surface area contributed by atoms with Crippen LogP contribution in [0.3, 0.4) is 0 Å². The summed E-state index contributed by atoms with van der Waals surface area (Å²) in [7, 11) is -0.912. The van der Waals surface area contributed by atoms with Gasteiger partial charge in [-0.3, -0.25) is 4.90 Å². The minimum absolute atomic E-state index is 0.191. The zero-order valence-corrected chi connectivity index (χ0v) is 18.7. The molecule has 7 nitrogen and oxygen atoms in total. The fraction of sp³-hybridized carbons (Fsp3) is 0.571. The van der Waals surface area contributed by atoms with Gasteiger partial charge >= 0.3 is 6.03 Å². The number of halogens is 1. The maximum absolute atomic E-state index is 12.4. The molecule has 2 N–H and O–H groups in total. The number of carbonyl (C=O) groups is 1. The van der Waals surface area contributed by atoms with Crippen molar-refractivity contribution in [2.45, 2.75) is 44.2 Å². The number of fused-ring (bicyclic) bond motifs is 4. The van der Waals surface area contributed by atoms with Gasteiger partial charge in [-0.15, -0.1) is 0 Å². The molecular weight excluding hydrogens is 424 g/mol. The summed E-state index contributed by atoms with van der Waals surface area (Å²) >= 11 is 6.61. The van der Waals surface area contributed by atoms with Gasteiger partial charge < -0.3 is 15.1 Å². The standard InChI is InChI=1S/C21H27ClN4O3S/c1-30(28)26-9-7-25(8-10-26)13-15-11-14-12-16(22)18-17(19(14)29-15)21(24-20(27)23-18)5-3-2-4-6-21/h11-12H,2-10,13H2,1H3,(H2,23,24,27). The van der Waals surface area contributed by atoms with Crippen LogP contribution >= 0.6 is 11.6 Å². The molecule has 1 aromatic carbocycles. The Morgan fingerprint density at radius 2 is 1.90 bits per heavy atom. The molecule has 2 aromatic rings. The number of hydrogen-bond donors (Lipinski definition) is 2. The molecule has 1 atom stereocenters. The van der Waals surface area contributed by atoms with Gasteiger partial charge in [0.1, 0.15) is 11.3 Å². The first-order valence-corrected chi connectivity index (χ1v) is 12.5. The van der Waals surface area contributed by atoms with Crippen molar-refractivity contribution in [1.82, 2.24) is 14.5 Å². The minimum Gasteiger partial charge on any atom is -0.459 e. The van der Waals surface area contributed by atoms with Crippen molar-refractivity contribution in [3.05, 3.63) is 28.5 Å². The predicted octanol–water partition coefficient (Wildman–Crippen LogP) is 3.79. The van der Waals surface area contributed by atoms with E-state index in [2.05, 4.69) is 21.6 Å². The zero-order valence-electron chi connectivity index (χ0n) is 17.1. The Hall–Kier alpha value is -1.61. The van der Waals surface area contributed by atoms with E-state index >= 15 is 0 Å². The van der Waals surface area contributed by atoms with Crippen molar-refractivity contribution in [3.8, 4) is 0 Å². The number of furan rings is 1. The number of hydrogen-bond acceptors (Lipinski definition) is 4. The van der Waals surface area contributed by atoms with Crippen molar-refractivity contribution in [1.29, 1.82) is 0 Å². The summed E-state index contributed by atoms with van der Waals surface area (Å²) in [6.45, 7) is 4.01. The molecule has 1 aromatic heterocycles. The highest BCUT2D eigenvalue weighted by atomic mass is 35.5. The molecule has 0 radical (unpaired) electrons. The molecular formula is C21H27ClN4O3S. The molecule has 5 rings (SSSR count). The smallest absolute Gasteiger partial charge is 0.319 e. The molecule has 1 saturated carbocycles. The zero-order chi connectivity index (χ0) is 20.9. The van der Waals surface area contributed by atoms with Crippen molar-refractivity contribution in [3.63, 3.8) is 0 Å². The number of carbonyl (C=O) groups excluding carboxylic acids is 1. The van der Waals surface area contributed by atoms with Gasteiger partial charge in [0.15, 0.2) is 0 Å². The third kappa shape index (κ3) is 3.53. The number of nitrogens with one attached hydrogen (secondary N) is 2. The molecule has 162 valence electrons. The Kier molecular flexibility index (Phi) is 5.29. The molecule has 0 bridgehead atoms. The summed E-state index contributed by atoms with van der Waals surface area (Å²) in [6, 6.07) is 3.77. The second-order valence-electron chi connectivity index (χ2n) is 8.59. The third-order valence-electron chi connectivity index (χ3n) is 6.66. The molecule has 9 heteroatoms. The lowest BCUT2D eigenvalue weighted by atomic mass is 9.74. The summed E-state index contributed by atoms with van der Waals surface area (Å²) in [4.78, 5) is 14.7. The summed E-state index contributed by atoms with van der Waals surface area (Å²) in [6.07, 6.45) is 6.86. The highest BCUT2D eigenvalue weighted by molar-refractivity contribution is 7.81. The van der Waals surface area contributed by atoms with Crippen LogP contribution in [0.15, 0.2) is 16.5 Å². The van der Waals surface area contributed by atoms with Gasteiger partial charge in [-0.1, -0.05) is 30.9 Å². The SMILES string of the molecule is CS(=O)N1CCN(Cc2cc3cc(Cl)c4c(c3o2)C2(CCCCC2)NC(=O)N4)CC1. The van der Waals surface area contributed by atoms with E-state index in [0.29, 0.717) is 17.3 Å². The van der Waals surface area contributed by atoms with E-state index in [1.54, 1.807) is 6.26 Å². The molecule has 3 heterocycles. The minimum atomic E-state index is -0.912. The Bertz CT molecular complexity index is 1010. The summed E-state index contributed by atoms with van der Waals surface area (Å²) in [5.41, 5.74) is 2.11. The number of benzene rings is 1. The van der Waals surface area contributed by atoms with Gasteiger partial charge in [0, 0.05) is 43.4 Å². The van der Waals surface area contributed by atoms with Crippen molar-refractivity contribution < 1.29 is 13.4 Å². The maximum Gasteiger partial charge on any atom is 0.319 e. The van der Waals surface area contributed by atoms with Crippen LogP contribution in [-0.2, 0) is 23.1 Å². The van der Waals surface area contributed by atoms with Crippen LogP contribution < -0.4 is 10.6 Å². The van der Waals surface area contributed by atoms with Crippen molar-refractivity contribution in [2.75, 3.05) is 37.8 Å². The van der Waals surface area contributed by atoms with Gasteiger partial charge in [0.05, 0.1) is 33.8 Å². The second-order valence-corrected chi connectivity index (χ2v) is 10.4. The first-order chi connectivity index (χ1) is 14.4. The lowest BCUT2D eigenvalue weighted by molar-refractivity contribution is 0.175. The van der Waals surface area contributed by atoms with E-state index in [0.717, 1.165) is 74.2 Å². The Labute approximate surface area is 183 Å². The maximum atomic E-state index is 12.4.